The van der Waals surface area contributed by atoms with Crippen molar-refractivity contribution in [2.45, 2.75) is 38.8 Å². The molecule has 2 rings (SSSR count). The van der Waals surface area contributed by atoms with Crippen molar-refractivity contribution in [3.8, 4) is 5.75 Å². The Morgan fingerprint density at radius 3 is 2.61 bits per heavy atom. The van der Waals surface area contributed by atoms with Gasteiger partial charge >= 0.3 is 6.09 Å². The topological polar surface area (TPSA) is 98.6 Å². The van der Waals surface area contributed by atoms with Crippen molar-refractivity contribution in [2.75, 3.05) is 0 Å². The van der Waals surface area contributed by atoms with E-state index in [1.807, 2.05) is 19.9 Å². The van der Waals surface area contributed by atoms with Crippen LogP contribution in [0, 0.1) is 6.92 Å². The van der Waals surface area contributed by atoms with Gasteiger partial charge < -0.3 is 21.3 Å². The van der Waals surface area contributed by atoms with E-state index >= 15 is 0 Å². The lowest BCUT2D eigenvalue weighted by Gasteiger charge is -2.38. The van der Waals surface area contributed by atoms with E-state index in [0.717, 1.165) is 12.2 Å². The fraction of sp³-hybridized carbons (Fsp3) is 0.462. The average molecular weight is 252 g/mol. The largest absolute Gasteiger partial charge is 0.486 e. The van der Waals surface area contributed by atoms with Crippen LogP contribution in [0.5, 0.6) is 5.75 Å². The second kappa shape index (κ2) is 5.27. The highest BCUT2D eigenvalue weighted by molar-refractivity contribution is 5.61. The summed E-state index contributed by atoms with van der Waals surface area (Å²) in [5.74, 6) is 0.988. The van der Waals surface area contributed by atoms with Crippen molar-refractivity contribution in [3.05, 3.63) is 29.3 Å². The number of hydrogen-bond acceptors (Lipinski definition) is 3. The van der Waals surface area contributed by atoms with Gasteiger partial charge in [-0.25, -0.2) is 4.79 Å². The lowest BCUT2D eigenvalue weighted by atomic mass is 9.89. The van der Waals surface area contributed by atoms with Crippen LogP contribution in [0.3, 0.4) is 0 Å². The third-order valence-corrected chi connectivity index (χ3v) is 2.92. The Hall–Kier alpha value is -1.75. The predicted molar refractivity (Wildman–Crippen MR) is 69.8 cm³/mol. The first-order chi connectivity index (χ1) is 8.22. The molecule has 0 radical (unpaired) electrons. The van der Waals surface area contributed by atoms with Gasteiger partial charge in [0.1, 0.15) is 11.4 Å². The zero-order chi connectivity index (χ0) is 13.9. The summed E-state index contributed by atoms with van der Waals surface area (Å²) in [6, 6.07) is 6.35. The molecule has 1 unspecified atom stereocenters. The Labute approximate surface area is 107 Å². The van der Waals surface area contributed by atoms with Crippen LogP contribution in [0.4, 0.5) is 4.79 Å². The number of rotatable bonds is 0. The summed E-state index contributed by atoms with van der Waals surface area (Å²) in [5, 5.41) is 7.19. The van der Waals surface area contributed by atoms with E-state index in [1.54, 1.807) is 0 Å². The van der Waals surface area contributed by atoms with E-state index in [0.29, 0.717) is 0 Å². The van der Waals surface area contributed by atoms with Crippen LogP contribution in [0.25, 0.3) is 0 Å². The Morgan fingerprint density at radius 1 is 1.50 bits per heavy atom. The van der Waals surface area contributed by atoms with Crippen molar-refractivity contribution in [1.82, 2.24) is 0 Å². The Bertz CT molecular complexity index is 440. The second-order valence-electron chi connectivity index (χ2n) is 4.97. The van der Waals surface area contributed by atoms with Gasteiger partial charge in [0.05, 0.1) is 0 Å². The van der Waals surface area contributed by atoms with Crippen LogP contribution < -0.4 is 16.2 Å². The van der Waals surface area contributed by atoms with Gasteiger partial charge in [-0.3, -0.25) is 0 Å². The highest BCUT2D eigenvalue weighted by Gasteiger charge is 2.34. The van der Waals surface area contributed by atoms with E-state index in [4.69, 9.17) is 20.4 Å². The molecule has 0 spiro atoms. The van der Waals surface area contributed by atoms with Gasteiger partial charge in [-0.1, -0.05) is 17.7 Å². The van der Waals surface area contributed by atoms with Gasteiger partial charge in [0, 0.05) is 6.04 Å². The molecule has 1 aromatic carbocycles. The number of aryl methyl sites for hydroxylation is 1. The van der Waals surface area contributed by atoms with E-state index in [9.17, 15) is 0 Å². The summed E-state index contributed by atoms with van der Waals surface area (Å²) in [6.45, 7) is 6.17. The molecule has 0 bridgehead atoms. The molecular formula is C13H20N2O3. The van der Waals surface area contributed by atoms with Gasteiger partial charge in [0.25, 0.3) is 0 Å². The zero-order valence-electron chi connectivity index (χ0n) is 10.9. The minimum Gasteiger partial charge on any atom is -0.486 e. The predicted octanol–water partition coefficient (Wildman–Crippen LogP) is 1.66. The lowest BCUT2D eigenvalue weighted by Crippen LogP contribution is -2.51. The minimum atomic E-state index is -1.33. The molecule has 1 aromatic rings. The summed E-state index contributed by atoms with van der Waals surface area (Å²) in [6.07, 6.45) is -0.427. The maximum atomic E-state index is 8.78. The smallest absolute Gasteiger partial charge is 0.402 e. The molecule has 18 heavy (non-hydrogen) atoms. The Balaban J connectivity index is 0.000000357. The molecule has 1 amide bonds. The minimum absolute atomic E-state index is 0.0804. The Morgan fingerprint density at radius 2 is 2.06 bits per heavy atom. The number of ether oxygens (including phenoxy) is 1. The highest BCUT2D eigenvalue weighted by Crippen LogP contribution is 2.32. The Kier molecular flexibility index (Phi) is 4.19. The molecule has 1 atom stereocenters. The summed E-state index contributed by atoms with van der Waals surface area (Å²) in [4.78, 5) is 8.78. The molecule has 0 aromatic heterocycles. The fourth-order valence-corrected chi connectivity index (χ4v) is 1.81. The van der Waals surface area contributed by atoms with E-state index < -0.39 is 6.09 Å². The SMILES string of the molecule is Cc1ccc2c(c1)CC(N)C(C)(C)O2.NC(=O)O. The average Bonchev–Trinajstić information content (AvgIpc) is 2.19. The molecule has 5 nitrogen and oxygen atoms in total. The summed E-state index contributed by atoms with van der Waals surface area (Å²) >= 11 is 0. The van der Waals surface area contributed by atoms with Crippen LogP contribution in [0.2, 0.25) is 0 Å². The molecule has 0 fully saturated rings. The van der Waals surface area contributed by atoms with Crippen LogP contribution in [-0.2, 0) is 6.42 Å². The maximum Gasteiger partial charge on any atom is 0.402 e. The van der Waals surface area contributed by atoms with Crippen LogP contribution in [0.15, 0.2) is 18.2 Å². The molecule has 0 saturated heterocycles. The molecule has 1 aliphatic rings. The molecule has 5 heteroatoms. The molecular weight excluding hydrogens is 232 g/mol. The number of amides is 1. The number of carbonyl (C=O) groups is 1. The number of hydrogen-bond donors (Lipinski definition) is 3. The lowest BCUT2D eigenvalue weighted by molar-refractivity contribution is 0.0640. The summed E-state index contributed by atoms with van der Waals surface area (Å²) in [5.41, 5.74) is 12.3. The fourth-order valence-electron chi connectivity index (χ4n) is 1.81. The van der Waals surface area contributed by atoms with Crippen molar-refractivity contribution in [3.63, 3.8) is 0 Å². The van der Waals surface area contributed by atoms with Gasteiger partial charge in [0.15, 0.2) is 0 Å². The number of fused-ring (bicyclic) bond motifs is 1. The number of carboxylic acid groups (broad SMARTS) is 1. The van der Waals surface area contributed by atoms with Crippen molar-refractivity contribution < 1.29 is 14.6 Å². The zero-order valence-corrected chi connectivity index (χ0v) is 10.9. The molecule has 0 aliphatic carbocycles. The second-order valence-corrected chi connectivity index (χ2v) is 4.97. The van der Waals surface area contributed by atoms with Crippen LogP contribution >= 0.6 is 0 Å². The third-order valence-electron chi connectivity index (χ3n) is 2.92. The number of primary amides is 1. The van der Waals surface area contributed by atoms with E-state index in [-0.39, 0.29) is 11.6 Å². The van der Waals surface area contributed by atoms with Crippen LogP contribution in [-0.4, -0.2) is 22.8 Å². The van der Waals surface area contributed by atoms with Crippen LogP contribution in [0.1, 0.15) is 25.0 Å². The summed E-state index contributed by atoms with van der Waals surface area (Å²) in [7, 11) is 0. The highest BCUT2D eigenvalue weighted by atomic mass is 16.5. The monoisotopic (exact) mass is 252 g/mol. The van der Waals surface area contributed by atoms with Crippen molar-refractivity contribution in [2.24, 2.45) is 11.5 Å². The molecule has 100 valence electrons. The van der Waals surface area contributed by atoms with E-state index in [2.05, 4.69) is 24.8 Å². The van der Waals surface area contributed by atoms with Crippen molar-refractivity contribution in [1.29, 1.82) is 0 Å². The van der Waals surface area contributed by atoms with E-state index in [1.165, 1.54) is 11.1 Å². The summed E-state index contributed by atoms with van der Waals surface area (Å²) < 4.78 is 5.86. The molecule has 0 saturated carbocycles. The molecule has 1 aliphatic heterocycles. The molecule has 5 N–H and O–H groups in total. The maximum absolute atomic E-state index is 8.78. The first kappa shape index (κ1) is 14.3. The van der Waals surface area contributed by atoms with Gasteiger partial charge in [-0.15, -0.1) is 0 Å². The van der Waals surface area contributed by atoms with Crippen molar-refractivity contribution >= 4 is 6.09 Å². The van der Waals surface area contributed by atoms with Gasteiger partial charge in [0.2, 0.25) is 0 Å². The van der Waals surface area contributed by atoms with Gasteiger partial charge in [-0.2, -0.15) is 0 Å². The molecule has 1 heterocycles. The first-order valence-corrected chi connectivity index (χ1v) is 5.75. The number of benzene rings is 1. The third kappa shape index (κ3) is 3.63. The standard InChI is InChI=1S/C12H17NO.CH3NO2/c1-8-4-5-10-9(6-8)7-11(13)12(2,3)14-10;2-1(3)4/h4-6,11H,7,13H2,1-3H3;2H2,(H,3,4). The van der Waals surface area contributed by atoms with Gasteiger partial charge in [-0.05, 0) is 38.8 Å². The number of nitrogens with two attached hydrogens (primary N) is 2. The first-order valence-electron chi connectivity index (χ1n) is 5.75. The normalized spacial score (nSPS) is 19.9. The quantitative estimate of drug-likeness (QED) is 0.654.